The van der Waals surface area contributed by atoms with Gasteiger partial charge in [0.2, 0.25) is 5.95 Å². The van der Waals surface area contributed by atoms with Crippen LogP contribution >= 0.6 is 0 Å². The van der Waals surface area contributed by atoms with Gasteiger partial charge in [-0.15, -0.1) is 0 Å². The lowest BCUT2D eigenvalue weighted by atomic mass is 9.88. The van der Waals surface area contributed by atoms with Crippen molar-refractivity contribution in [2.75, 3.05) is 50.7 Å². The molecule has 0 aliphatic carbocycles. The van der Waals surface area contributed by atoms with E-state index in [9.17, 15) is 44.0 Å². The van der Waals surface area contributed by atoms with E-state index in [4.69, 9.17) is 5.26 Å². The van der Waals surface area contributed by atoms with Gasteiger partial charge in [0.15, 0.2) is 52.7 Å². The number of Topliss-reactive ketones (excluding diaryl/α,β-unsaturated/α-hetero) is 3. The number of sulfone groups is 3. The molecule has 0 bridgehead atoms. The average Bonchev–Trinajstić information content (AvgIpc) is 0.904. The minimum atomic E-state index is -3.50. The second-order valence-electron chi connectivity index (χ2n) is 21.8. The number of hydrogen-bond acceptors (Lipinski definition) is 22. The number of pyridine rings is 5. The predicted octanol–water partition coefficient (Wildman–Crippen LogP) is 12.8. The molecule has 23 nitrogen and oxygen atoms in total. The fourth-order valence-electron chi connectivity index (χ4n) is 8.88. The zero-order chi connectivity index (χ0) is 67.3. The van der Waals surface area contributed by atoms with E-state index in [0.717, 1.165) is 24.5 Å². The number of aryl methyl sites for hydroxylation is 2. The number of benzene rings is 3. The summed E-state index contributed by atoms with van der Waals surface area (Å²) >= 11 is 0. The van der Waals surface area contributed by atoms with Crippen LogP contribution in [0.3, 0.4) is 0 Å². The number of nitrogens with zero attached hydrogens (tertiary/aromatic N) is 8. The number of carbonyl (C=O) groups excluding carboxylic acids is 3. The monoisotopic (exact) mass is 1300 g/mol. The van der Waals surface area contributed by atoms with Gasteiger partial charge in [0.1, 0.15) is 40.9 Å². The van der Waals surface area contributed by atoms with Gasteiger partial charge in [0.05, 0.1) is 65.5 Å². The van der Waals surface area contributed by atoms with Gasteiger partial charge in [-0.3, -0.25) is 19.1 Å². The van der Waals surface area contributed by atoms with Gasteiger partial charge < -0.3 is 31.9 Å². The summed E-state index contributed by atoms with van der Waals surface area (Å²) in [6, 6.07) is 36.4. The topological polar surface area (TPSA) is 332 Å². The molecular formula is C65H69FN14O9S3. The van der Waals surface area contributed by atoms with Crippen LogP contribution in [0, 0.1) is 24.2 Å². The molecule has 0 saturated carbocycles. The van der Waals surface area contributed by atoms with Crippen LogP contribution in [0.25, 0.3) is 0 Å². The maximum atomic E-state index is 14.5. The maximum Gasteiger partial charge on any atom is 0.218 e. The van der Waals surface area contributed by atoms with E-state index < -0.39 is 35.5 Å². The third-order valence-electron chi connectivity index (χ3n) is 13.6. The van der Waals surface area contributed by atoms with Crippen molar-refractivity contribution in [2.45, 2.75) is 87.8 Å². The van der Waals surface area contributed by atoms with Crippen LogP contribution in [-0.2, 0) is 42.0 Å². The van der Waals surface area contributed by atoms with Crippen LogP contribution < -0.4 is 31.9 Å². The summed E-state index contributed by atoms with van der Waals surface area (Å²) in [5.74, 6) is 1.49. The number of anilines is 12. The van der Waals surface area contributed by atoms with Gasteiger partial charge in [-0.25, -0.2) is 50.2 Å². The average molecular weight is 1310 g/mol. The Bertz CT molecular complexity index is 4630. The van der Waals surface area contributed by atoms with Crippen molar-refractivity contribution in [1.29, 1.82) is 5.26 Å². The highest BCUT2D eigenvalue weighted by atomic mass is 32.2. The Morgan fingerprint density at radius 1 is 0.489 bits per heavy atom. The molecule has 6 N–H and O–H groups in total. The molecule has 9 aromatic rings. The van der Waals surface area contributed by atoms with E-state index in [1.54, 1.807) is 129 Å². The molecule has 92 heavy (non-hydrogen) atoms. The third-order valence-corrected chi connectivity index (χ3v) is 17.1. The third kappa shape index (κ3) is 18.2. The fourth-order valence-corrected chi connectivity index (χ4v) is 11.4. The number of nitrogens with one attached hydrogen (secondary N) is 6. The van der Waals surface area contributed by atoms with E-state index in [0.29, 0.717) is 91.9 Å². The molecule has 6 heterocycles. The van der Waals surface area contributed by atoms with Crippen molar-refractivity contribution in [2.24, 2.45) is 7.05 Å². The highest BCUT2D eigenvalue weighted by molar-refractivity contribution is 7.91. The van der Waals surface area contributed by atoms with E-state index in [1.165, 1.54) is 36.8 Å². The molecule has 0 spiro atoms. The lowest BCUT2D eigenvalue weighted by molar-refractivity contribution is 0.0980. The summed E-state index contributed by atoms with van der Waals surface area (Å²) in [7, 11) is -8.59. The highest BCUT2D eigenvalue weighted by Crippen LogP contribution is 2.34. The molecule has 3 aromatic carbocycles. The van der Waals surface area contributed by atoms with Gasteiger partial charge in [0.25, 0.3) is 0 Å². The lowest BCUT2D eigenvalue weighted by Gasteiger charge is -2.19. The van der Waals surface area contributed by atoms with E-state index in [-0.39, 0.29) is 61.8 Å². The number of hydrogen-bond donors (Lipinski definition) is 6. The van der Waals surface area contributed by atoms with Crippen molar-refractivity contribution in [3.63, 3.8) is 0 Å². The van der Waals surface area contributed by atoms with Crippen molar-refractivity contribution < 1.29 is 44.0 Å². The smallest absolute Gasteiger partial charge is 0.218 e. The summed E-state index contributed by atoms with van der Waals surface area (Å²) in [6.07, 6.45) is 8.51. The molecule has 0 atom stereocenters. The number of halogens is 1. The minimum absolute atomic E-state index is 0.0999. The van der Waals surface area contributed by atoms with Crippen molar-refractivity contribution >= 4 is 116 Å². The SMILES string of the molecule is CCC(=O)c1cnc(Nc2cc(C)n(C)n2)cc1Nc1ccccc1S(C)(=O)=O.CCC(=O)c1cnc(Nc2ccc(C(C)(C)C)c(F)n2)cc1Nc1ccccc1S(C)(=O)=O.CCC(=O)c1cnc(Nc2cccc(C#N)n2)cc1Nc1ccccc1S(C)(=O)=O. The second kappa shape index (κ2) is 29.6. The van der Waals surface area contributed by atoms with E-state index in [1.807, 2.05) is 46.9 Å². The van der Waals surface area contributed by atoms with Crippen molar-refractivity contribution in [3.05, 3.63) is 186 Å². The molecule has 0 aliphatic heterocycles. The molecule has 6 aromatic heterocycles. The Hall–Kier alpha value is -10.3. The first-order valence-electron chi connectivity index (χ1n) is 28.5. The van der Waals surface area contributed by atoms with Crippen molar-refractivity contribution in [1.82, 2.24) is 34.7 Å². The Kier molecular flexibility index (Phi) is 22.2. The summed E-state index contributed by atoms with van der Waals surface area (Å²) in [4.78, 5) is 58.6. The lowest BCUT2D eigenvalue weighted by Crippen LogP contribution is -2.15. The highest BCUT2D eigenvalue weighted by Gasteiger charge is 2.23. The summed E-state index contributed by atoms with van der Waals surface area (Å²) in [5.41, 5.74) is 4.71. The summed E-state index contributed by atoms with van der Waals surface area (Å²) in [6.45, 7) is 12.9. The van der Waals surface area contributed by atoms with Crippen molar-refractivity contribution in [3.8, 4) is 6.07 Å². The molecule has 0 radical (unpaired) electrons. The number of ketones is 3. The largest absolute Gasteiger partial charge is 0.354 e. The van der Waals surface area contributed by atoms with Crippen LogP contribution in [-0.4, -0.2) is 96.1 Å². The van der Waals surface area contributed by atoms with Gasteiger partial charge in [-0.1, -0.05) is 90.1 Å². The summed E-state index contributed by atoms with van der Waals surface area (Å²) in [5, 5.41) is 31.6. The van der Waals surface area contributed by atoms with Gasteiger partial charge >= 0.3 is 0 Å². The first-order chi connectivity index (χ1) is 43.4. The van der Waals surface area contributed by atoms with Crippen LogP contribution in [0.4, 0.5) is 73.4 Å². The second-order valence-corrected chi connectivity index (χ2v) is 27.8. The number of aromatic nitrogens is 7. The molecule has 0 fully saturated rings. The molecule has 0 unspecified atom stereocenters. The summed E-state index contributed by atoms with van der Waals surface area (Å²) < 4.78 is 89.1. The first-order valence-corrected chi connectivity index (χ1v) is 34.2. The molecule has 478 valence electrons. The first kappa shape index (κ1) is 69.2. The molecule has 0 amide bonds. The van der Waals surface area contributed by atoms with Gasteiger partial charge in [0, 0.05) is 99.2 Å². The molecule has 0 saturated heterocycles. The van der Waals surface area contributed by atoms with Crippen LogP contribution in [0.1, 0.15) is 109 Å². The quantitative estimate of drug-likeness (QED) is 0.0287. The maximum absolute atomic E-state index is 14.5. The van der Waals surface area contributed by atoms with Crippen LogP contribution in [0.15, 0.2) is 161 Å². The molecular weight excluding hydrogens is 1240 g/mol. The Balaban J connectivity index is 0.000000196. The number of para-hydroxylation sites is 3. The minimum Gasteiger partial charge on any atom is -0.354 e. The molecule has 0 aliphatic rings. The number of carbonyl (C=O) groups is 3. The van der Waals surface area contributed by atoms with Crippen LogP contribution in [0.5, 0.6) is 0 Å². The van der Waals surface area contributed by atoms with Gasteiger partial charge in [-0.2, -0.15) is 14.8 Å². The number of rotatable bonds is 21. The molecule has 27 heteroatoms. The number of nitriles is 1. The molecule has 9 rings (SSSR count). The van der Waals surface area contributed by atoms with E-state index >= 15 is 0 Å². The normalized spacial score (nSPS) is 11.3. The zero-order valence-corrected chi connectivity index (χ0v) is 54.8. The Morgan fingerprint density at radius 3 is 1.18 bits per heavy atom. The fraction of sp³-hybridized carbons (Fsp3) is 0.231. The predicted molar refractivity (Wildman–Crippen MR) is 355 cm³/mol. The Morgan fingerprint density at radius 2 is 0.859 bits per heavy atom. The van der Waals surface area contributed by atoms with Crippen LogP contribution in [0.2, 0.25) is 0 Å². The zero-order valence-electron chi connectivity index (χ0n) is 52.3. The standard InChI is InChI=1S/C24H27FN4O3S.C21H19N5O3S.C20H23N5O3S/c1-6-19(30)15-14-26-22(28-21-12-11-16(23(25)29-21)24(2,3)4)13-18(15)27-17-9-7-8-10-20(17)33(5,31)32;1-3-18(27)15-13-23-21(26-20-10-6-7-14(12-22)24-20)11-17(15)25-16-8-4-5-9-19(16)30(2,28)29;1-5-17(26)14-12-21-19(23-20-10-13(2)25(3)24-20)11-16(14)22-15-8-6-7-9-18(15)29(4,27)28/h7-14H,6H2,1-5H3,(H2,26,27,28,29);4-11,13H,3H2,1-2H3,(H2,23,24,25,26);6-12H,5H2,1-4H3,(H2,21,22,23,24). The van der Waals surface area contributed by atoms with E-state index in [2.05, 4.69) is 61.9 Å². The van der Waals surface area contributed by atoms with Gasteiger partial charge in [-0.05, 0) is 66.9 Å². The Labute approximate surface area is 534 Å².